The second kappa shape index (κ2) is 5.54. The van der Waals surface area contributed by atoms with Crippen LogP contribution in [-0.4, -0.2) is 34.8 Å². The molecular weight excluding hydrogens is 342 g/mol. The Labute approximate surface area is 154 Å². The van der Waals surface area contributed by atoms with Crippen LogP contribution in [0.2, 0.25) is 0 Å². The summed E-state index contributed by atoms with van der Waals surface area (Å²) in [5.41, 5.74) is 1.75. The third-order valence-electron chi connectivity index (χ3n) is 5.65. The minimum absolute atomic E-state index is 0.0639. The summed E-state index contributed by atoms with van der Waals surface area (Å²) in [6.45, 7) is 0.777. The Bertz CT molecular complexity index is 1170. The van der Waals surface area contributed by atoms with Crippen LogP contribution in [0.5, 0.6) is 0 Å². The van der Waals surface area contributed by atoms with Crippen LogP contribution in [-0.2, 0) is 10.2 Å². The number of likely N-dealkylation sites (tertiary alicyclic amines) is 1. The number of aromatic nitrogens is 1. The number of nitrogens with zero attached hydrogens (tertiary/aromatic N) is 1. The maximum absolute atomic E-state index is 13.0. The van der Waals surface area contributed by atoms with Crippen molar-refractivity contribution in [3.05, 3.63) is 76.1 Å². The van der Waals surface area contributed by atoms with E-state index in [0.717, 1.165) is 11.3 Å². The summed E-state index contributed by atoms with van der Waals surface area (Å²) in [4.78, 5) is 42.8. The van der Waals surface area contributed by atoms with Crippen LogP contribution in [0.4, 0.5) is 5.69 Å². The van der Waals surface area contributed by atoms with Gasteiger partial charge in [-0.2, -0.15) is 0 Å². The quantitative estimate of drug-likeness (QED) is 0.699. The number of anilines is 1. The molecule has 0 bridgehead atoms. The minimum Gasteiger partial charge on any atom is -0.350 e. The number of pyridine rings is 1. The number of hydrogen-bond acceptors (Lipinski definition) is 3. The van der Waals surface area contributed by atoms with E-state index in [-0.39, 0.29) is 22.9 Å². The molecule has 2 N–H and O–H groups in total. The first-order chi connectivity index (χ1) is 13.1. The van der Waals surface area contributed by atoms with Crippen LogP contribution < -0.4 is 10.7 Å². The first kappa shape index (κ1) is 15.8. The third-order valence-corrected chi connectivity index (χ3v) is 5.65. The lowest BCUT2D eigenvalue weighted by molar-refractivity contribution is -0.120. The fourth-order valence-corrected chi connectivity index (χ4v) is 4.24. The van der Waals surface area contributed by atoms with E-state index < -0.39 is 5.41 Å². The summed E-state index contributed by atoms with van der Waals surface area (Å²) in [5, 5.41) is 3.48. The van der Waals surface area contributed by atoms with E-state index >= 15 is 0 Å². The Morgan fingerprint density at radius 2 is 1.81 bits per heavy atom. The van der Waals surface area contributed by atoms with Gasteiger partial charge in [0.2, 0.25) is 5.91 Å². The highest BCUT2D eigenvalue weighted by molar-refractivity contribution is 6.07. The summed E-state index contributed by atoms with van der Waals surface area (Å²) < 4.78 is 0. The van der Waals surface area contributed by atoms with Crippen molar-refractivity contribution in [3.63, 3.8) is 0 Å². The van der Waals surface area contributed by atoms with Crippen molar-refractivity contribution in [1.29, 1.82) is 0 Å². The molecule has 0 radical (unpaired) electrons. The number of carbonyl (C=O) groups excluding carboxylic acids is 2. The van der Waals surface area contributed by atoms with Crippen molar-refractivity contribution in [2.45, 2.75) is 11.8 Å². The van der Waals surface area contributed by atoms with E-state index in [0.29, 0.717) is 30.4 Å². The summed E-state index contributed by atoms with van der Waals surface area (Å²) in [7, 11) is 0. The molecule has 1 spiro atoms. The smallest absolute Gasteiger partial charge is 0.270 e. The zero-order chi connectivity index (χ0) is 18.6. The van der Waals surface area contributed by atoms with E-state index in [9.17, 15) is 14.4 Å². The Morgan fingerprint density at radius 3 is 2.70 bits per heavy atom. The first-order valence-corrected chi connectivity index (χ1v) is 8.91. The molecule has 2 amide bonds. The number of amides is 2. The van der Waals surface area contributed by atoms with Crippen molar-refractivity contribution in [2.24, 2.45) is 0 Å². The molecule has 1 saturated heterocycles. The van der Waals surface area contributed by atoms with Gasteiger partial charge < -0.3 is 15.2 Å². The fourth-order valence-electron chi connectivity index (χ4n) is 4.24. The molecule has 3 heterocycles. The van der Waals surface area contributed by atoms with Gasteiger partial charge in [0, 0.05) is 35.7 Å². The SMILES string of the molecule is O=C(c1cc(=O)c2ccccc2[nH]1)N1CCC2(C1)C(=O)Nc1ccccc12. The second-order valence-corrected chi connectivity index (χ2v) is 7.15. The second-order valence-electron chi connectivity index (χ2n) is 7.15. The van der Waals surface area contributed by atoms with Gasteiger partial charge in [-0.15, -0.1) is 0 Å². The topological polar surface area (TPSA) is 82.3 Å². The standard InChI is InChI=1S/C21H17N3O3/c25-18-11-17(22-15-7-3-1-5-13(15)18)19(26)24-10-9-21(12-24)14-6-2-4-8-16(14)23-20(21)27/h1-8,11H,9-10,12H2,(H,22,25)(H,23,27). The van der Waals surface area contributed by atoms with E-state index in [1.54, 1.807) is 23.1 Å². The van der Waals surface area contributed by atoms with Crippen molar-refractivity contribution in [3.8, 4) is 0 Å². The Kier molecular flexibility index (Phi) is 3.25. The molecule has 27 heavy (non-hydrogen) atoms. The van der Waals surface area contributed by atoms with Gasteiger partial charge in [-0.1, -0.05) is 30.3 Å². The van der Waals surface area contributed by atoms with Gasteiger partial charge in [-0.3, -0.25) is 14.4 Å². The Morgan fingerprint density at radius 1 is 1.04 bits per heavy atom. The van der Waals surface area contributed by atoms with Crippen molar-refractivity contribution in [2.75, 3.05) is 18.4 Å². The number of hydrogen-bond donors (Lipinski definition) is 2. The maximum Gasteiger partial charge on any atom is 0.270 e. The number of nitrogens with one attached hydrogen (secondary N) is 2. The normalized spacial score (nSPS) is 20.9. The molecule has 1 fully saturated rings. The number of para-hydroxylation sites is 2. The van der Waals surface area contributed by atoms with Gasteiger partial charge in [0.1, 0.15) is 5.69 Å². The van der Waals surface area contributed by atoms with Crippen molar-refractivity contribution < 1.29 is 9.59 Å². The molecule has 6 nitrogen and oxygen atoms in total. The molecular formula is C21H17N3O3. The summed E-state index contributed by atoms with van der Waals surface area (Å²) in [5.74, 6) is -0.321. The lowest BCUT2D eigenvalue weighted by atomic mass is 9.81. The van der Waals surface area contributed by atoms with Gasteiger partial charge in [0.15, 0.2) is 5.43 Å². The number of aromatic amines is 1. The Hall–Kier alpha value is -3.41. The number of carbonyl (C=O) groups is 2. The summed E-state index contributed by atoms with van der Waals surface area (Å²) in [6.07, 6.45) is 0.569. The average molecular weight is 359 g/mol. The van der Waals surface area contributed by atoms with E-state index in [1.807, 2.05) is 30.3 Å². The fraction of sp³-hybridized carbons (Fsp3) is 0.190. The van der Waals surface area contributed by atoms with Gasteiger partial charge in [0.25, 0.3) is 5.91 Å². The minimum atomic E-state index is -0.705. The molecule has 1 aromatic heterocycles. The molecule has 3 aromatic rings. The van der Waals surface area contributed by atoms with E-state index in [2.05, 4.69) is 10.3 Å². The predicted octanol–water partition coefficient (Wildman–Crippen LogP) is 2.26. The largest absolute Gasteiger partial charge is 0.350 e. The van der Waals surface area contributed by atoms with Crippen LogP contribution in [0.15, 0.2) is 59.4 Å². The molecule has 134 valence electrons. The zero-order valence-electron chi connectivity index (χ0n) is 14.5. The molecule has 6 heteroatoms. The predicted molar refractivity (Wildman–Crippen MR) is 102 cm³/mol. The van der Waals surface area contributed by atoms with Crippen LogP contribution >= 0.6 is 0 Å². The van der Waals surface area contributed by atoms with Gasteiger partial charge in [0.05, 0.1) is 5.41 Å². The molecule has 2 aromatic carbocycles. The average Bonchev–Trinajstić information content (AvgIpc) is 3.25. The highest BCUT2D eigenvalue weighted by Crippen LogP contribution is 2.44. The van der Waals surface area contributed by atoms with Crippen molar-refractivity contribution >= 4 is 28.4 Å². The molecule has 1 atom stereocenters. The molecule has 2 aliphatic rings. The molecule has 5 rings (SSSR count). The first-order valence-electron chi connectivity index (χ1n) is 8.91. The van der Waals surface area contributed by atoms with E-state index in [4.69, 9.17) is 0 Å². The monoisotopic (exact) mass is 359 g/mol. The van der Waals surface area contributed by atoms with Crippen LogP contribution in [0.1, 0.15) is 22.5 Å². The maximum atomic E-state index is 13.0. The molecule has 2 aliphatic heterocycles. The van der Waals surface area contributed by atoms with Crippen LogP contribution in [0.3, 0.4) is 0 Å². The van der Waals surface area contributed by atoms with E-state index in [1.165, 1.54) is 6.07 Å². The Balaban J connectivity index is 1.50. The number of fused-ring (bicyclic) bond motifs is 3. The summed E-state index contributed by atoms with van der Waals surface area (Å²) >= 11 is 0. The number of benzene rings is 2. The molecule has 0 saturated carbocycles. The molecule has 0 aliphatic carbocycles. The number of rotatable bonds is 1. The van der Waals surface area contributed by atoms with Crippen LogP contribution in [0.25, 0.3) is 10.9 Å². The van der Waals surface area contributed by atoms with Gasteiger partial charge >= 0.3 is 0 Å². The third kappa shape index (κ3) is 2.23. The zero-order valence-corrected chi connectivity index (χ0v) is 14.5. The lowest BCUT2D eigenvalue weighted by Gasteiger charge is -2.22. The molecule has 1 unspecified atom stereocenters. The van der Waals surface area contributed by atoms with Gasteiger partial charge in [-0.25, -0.2) is 0 Å². The summed E-state index contributed by atoms with van der Waals surface area (Å²) in [6, 6.07) is 16.1. The van der Waals surface area contributed by atoms with Crippen LogP contribution in [0, 0.1) is 0 Å². The van der Waals surface area contributed by atoms with Crippen molar-refractivity contribution in [1.82, 2.24) is 9.88 Å². The lowest BCUT2D eigenvalue weighted by Crippen LogP contribution is -2.39. The highest BCUT2D eigenvalue weighted by atomic mass is 16.2. The highest BCUT2D eigenvalue weighted by Gasteiger charge is 2.52. The number of H-pyrrole nitrogens is 1. The van der Waals surface area contributed by atoms with Gasteiger partial charge in [-0.05, 0) is 30.2 Å².